The maximum Gasteiger partial charge on any atom is 0.118 e. The number of nitrogens with zero attached hydrogens (tertiary/aromatic N) is 1. The lowest BCUT2D eigenvalue weighted by Gasteiger charge is -2.30. The summed E-state index contributed by atoms with van der Waals surface area (Å²) in [4.78, 5) is 2.52. The fourth-order valence-electron chi connectivity index (χ4n) is 2.99. The van der Waals surface area contributed by atoms with Crippen LogP contribution >= 0.6 is 0 Å². The molecule has 1 fully saturated rings. The highest BCUT2D eigenvalue weighted by Crippen LogP contribution is 2.30. The summed E-state index contributed by atoms with van der Waals surface area (Å²) in [6.45, 7) is 3.27. The Hall–Kier alpha value is -1.10. The molecule has 0 aliphatic carbocycles. The Bertz CT molecular complexity index is 394. The van der Waals surface area contributed by atoms with Gasteiger partial charge in [0.25, 0.3) is 0 Å². The summed E-state index contributed by atoms with van der Waals surface area (Å²) in [6.07, 6.45) is 5.05. The molecule has 0 amide bonds. The molecule has 1 N–H and O–H groups in total. The van der Waals surface area contributed by atoms with Crippen molar-refractivity contribution in [2.24, 2.45) is 0 Å². The number of hydrogen-bond donors (Lipinski definition) is 1. The van der Waals surface area contributed by atoms with Gasteiger partial charge >= 0.3 is 0 Å². The van der Waals surface area contributed by atoms with Crippen molar-refractivity contribution < 1.29 is 14.6 Å². The number of hydrogen-bond acceptors (Lipinski definition) is 4. The van der Waals surface area contributed by atoms with Gasteiger partial charge in [-0.05, 0) is 37.1 Å². The predicted octanol–water partition coefficient (Wildman–Crippen LogP) is 2.62. The van der Waals surface area contributed by atoms with Crippen LogP contribution in [0.5, 0.6) is 5.75 Å². The van der Waals surface area contributed by atoms with E-state index in [0.29, 0.717) is 19.3 Å². The highest BCUT2D eigenvalue weighted by atomic mass is 16.5. The quantitative estimate of drug-likeness (QED) is 0.785. The van der Waals surface area contributed by atoms with Gasteiger partial charge in [-0.1, -0.05) is 25.0 Å². The minimum atomic E-state index is 0.0991. The first-order valence-corrected chi connectivity index (χ1v) is 7.91. The van der Waals surface area contributed by atoms with Crippen molar-refractivity contribution in [3.05, 3.63) is 29.8 Å². The minimum Gasteiger partial charge on any atom is -0.497 e. The SMILES string of the molecule is COc1ccc(C2CCCCCN2CCOCCO)cc1. The molecule has 1 aromatic carbocycles. The maximum absolute atomic E-state index is 8.78. The second-order valence-corrected chi connectivity index (χ2v) is 5.51. The van der Waals surface area contributed by atoms with Crippen molar-refractivity contribution in [1.29, 1.82) is 0 Å². The lowest BCUT2D eigenvalue weighted by atomic mass is 10.0. The molecule has 4 nitrogen and oxygen atoms in total. The Kier molecular flexibility index (Phi) is 7.00. The Labute approximate surface area is 127 Å². The molecule has 0 saturated carbocycles. The number of benzene rings is 1. The average molecular weight is 293 g/mol. The molecular weight excluding hydrogens is 266 g/mol. The summed E-state index contributed by atoms with van der Waals surface area (Å²) in [7, 11) is 1.70. The Balaban J connectivity index is 2.00. The van der Waals surface area contributed by atoms with E-state index in [1.165, 1.54) is 31.2 Å². The third kappa shape index (κ3) is 4.99. The fourth-order valence-corrected chi connectivity index (χ4v) is 2.99. The van der Waals surface area contributed by atoms with E-state index in [1.807, 2.05) is 12.1 Å². The van der Waals surface area contributed by atoms with Gasteiger partial charge in [0.2, 0.25) is 0 Å². The van der Waals surface area contributed by atoms with Crippen LogP contribution < -0.4 is 4.74 Å². The van der Waals surface area contributed by atoms with Crippen molar-refractivity contribution in [3.63, 3.8) is 0 Å². The molecule has 1 aromatic rings. The van der Waals surface area contributed by atoms with Crippen LogP contribution in [0.4, 0.5) is 0 Å². The van der Waals surface area contributed by atoms with Crippen LogP contribution in [0.25, 0.3) is 0 Å². The third-order valence-electron chi connectivity index (χ3n) is 4.12. The van der Waals surface area contributed by atoms with Crippen molar-refractivity contribution in [2.45, 2.75) is 31.7 Å². The number of likely N-dealkylation sites (tertiary alicyclic amines) is 1. The summed E-state index contributed by atoms with van der Waals surface area (Å²) >= 11 is 0. The molecule has 0 spiro atoms. The molecule has 0 bridgehead atoms. The summed E-state index contributed by atoms with van der Waals surface area (Å²) in [5.41, 5.74) is 1.36. The largest absolute Gasteiger partial charge is 0.497 e. The number of methoxy groups -OCH3 is 1. The maximum atomic E-state index is 8.78. The smallest absolute Gasteiger partial charge is 0.118 e. The minimum absolute atomic E-state index is 0.0991. The molecule has 1 aliphatic heterocycles. The first-order valence-electron chi connectivity index (χ1n) is 7.91. The van der Waals surface area contributed by atoms with Gasteiger partial charge in [-0.25, -0.2) is 0 Å². The zero-order chi connectivity index (χ0) is 14.9. The first-order chi connectivity index (χ1) is 10.3. The highest BCUT2D eigenvalue weighted by Gasteiger charge is 2.22. The zero-order valence-electron chi connectivity index (χ0n) is 13.0. The van der Waals surface area contributed by atoms with Gasteiger partial charge in [-0.3, -0.25) is 4.90 Å². The van der Waals surface area contributed by atoms with E-state index in [1.54, 1.807) is 7.11 Å². The van der Waals surface area contributed by atoms with Gasteiger partial charge in [-0.2, -0.15) is 0 Å². The molecule has 0 radical (unpaired) electrons. The van der Waals surface area contributed by atoms with E-state index in [2.05, 4.69) is 17.0 Å². The van der Waals surface area contributed by atoms with Crippen LogP contribution in [0.15, 0.2) is 24.3 Å². The van der Waals surface area contributed by atoms with Crippen molar-refractivity contribution >= 4 is 0 Å². The molecule has 1 aliphatic rings. The van der Waals surface area contributed by atoms with E-state index < -0.39 is 0 Å². The topological polar surface area (TPSA) is 41.9 Å². The fraction of sp³-hybridized carbons (Fsp3) is 0.647. The molecule has 21 heavy (non-hydrogen) atoms. The number of aliphatic hydroxyl groups excluding tert-OH is 1. The van der Waals surface area contributed by atoms with Gasteiger partial charge in [0.15, 0.2) is 0 Å². The molecular formula is C17H27NO3. The van der Waals surface area contributed by atoms with Gasteiger partial charge in [0.1, 0.15) is 5.75 Å². The van der Waals surface area contributed by atoms with Crippen LogP contribution in [0.2, 0.25) is 0 Å². The molecule has 118 valence electrons. The van der Waals surface area contributed by atoms with E-state index in [-0.39, 0.29) is 6.61 Å². The number of ether oxygens (including phenoxy) is 2. The van der Waals surface area contributed by atoms with Crippen LogP contribution in [0.3, 0.4) is 0 Å². The molecule has 0 aromatic heterocycles. The van der Waals surface area contributed by atoms with Crippen LogP contribution in [-0.2, 0) is 4.74 Å². The summed E-state index contributed by atoms with van der Waals surface area (Å²) < 4.78 is 10.7. The average Bonchev–Trinajstić information content (AvgIpc) is 2.77. The van der Waals surface area contributed by atoms with Crippen molar-refractivity contribution in [1.82, 2.24) is 4.90 Å². The summed E-state index contributed by atoms with van der Waals surface area (Å²) in [6, 6.07) is 8.91. The third-order valence-corrected chi connectivity index (χ3v) is 4.12. The van der Waals surface area contributed by atoms with Crippen molar-refractivity contribution in [2.75, 3.05) is 40.0 Å². The van der Waals surface area contributed by atoms with Gasteiger partial charge in [0.05, 0.1) is 26.9 Å². The monoisotopic (exact) mass is 293 g/mol. The lowest BCUT2D eigenvalue weighted by Crippen LogP contribution is -2.32. The molecule has 4 heteroatoms. The first kappa shape index (κ1) is 16.3. The van der Waals surface area contributed by atoms with E-state index in [4.69, 9.17) is 14.6 Å². The van der Waals surface area contributed by atoms with Crippen LogP contribution in [0.1, 0.15) is 37.3 Å². The Morgan fingerprint density at radius 2 is 1.95 bits per heavy atom. The zero-order valence-corrected chi connectivity index (χ0v) is 13.0. The normalized spacial score (nSPS) is 20.2. The second kappa shape index (κ2) is 9.03. The van der Waals surface area contributed by atoms with E-state index in [9.17, 15) is 0 Å². The van der Waals surface area contributed by atoms with E-state index in [0.717, 1.165) is 18.8 Å². The van der Waals surface area contributed by atoms with Gasteiger partial charge in [0, 0.05) is 12.6 Å². The number of aliphatic hydroxyl groups is 1. The lowest BCUT2D eigenvalue weighted by molar-refractivity contribution is 0.0634. The molecule has 2 rings (SSSR count). The highest BCUT2D eigenvalue weighted by molar-refractivity contribution is 5.29. The van der Waals surface area contributed by atoms with Gasteiger partial charge in [-0.15, -0.1) is 0 Å². The standard InChI is InChI=1S/C17H27NO3/c1-20-16-8-6-15(7-9-16)17-5-3-2-4-10-18(17)11-13-21-14-12-19/h6-9,17,19H,2-5,10-14H2,1H3. The molecule has 1 heterocycles. The van der Waals surface area contributed by atoms with Gasteiger partial charge < -0.3 is 14.6 Å². The Morgan fingerprint density at radius 1 is 1.14 bits per heavy atom. The van der Waals surface area contributed by atoms with Crippen LogP contribution in [0, 0.1) is 0 Å². The molecule has 1 unspecified atom stereocenters. The summed E-state index contributed by atoms with van der Waals surface area (Å²) in [5, 5.41) is 8.78. The summed E-state index contributed by atoms with van der Waals surface area (Å²) in [5.74, 6) is 0.908. The van der Waals surface area contributed by atoms with Crippen molar-refractivity contribution in [3.8, 4) is 5.75 Å². The molecule has 1 atom stereocenters. The van der Waals surface area contributed by atoms with E-state index >= 15 is 0 Å². The second-order valence-electron chi connectivity index (χ2n) is 5.51. The predicted molar refractivity (Wildman–Crippen MR) is 83.7 cm³/mol. The Morgan fingerprint density at radius 3 is 2.67 bits per heavy atom. The van der Waals surface area contributed by atoms with Crippen LogP contribution in [-0.4, -0.2) is 50.0 Å². The number of rotatable bonds is 7. The molecule has 1 saturated heterocycles.